The van der Waals surface area contributed by atoms with Gasteiger partial charge in [0.05, 0.1) is 13.0 Å². The van der Waals surface area contributed by atoms with Gasteiger partial charge in [0.15, 0.2) is 0 Å². The molecule has 0 aromatic heterocycles. The molecule has 0 radical (unpaired) electrons. The Labute approximate surface area is 124 Å². The second-order valence-electron chi connectivity index (χ2n) is 5.16. The Hall–Kier alpha value is -0.870. The van der Waals surface area contributed by atoms with Crippen molar-refractivity contribution >= 4 is 21.9 Å². The van der Waals surface area contributed by atoms with Crippen LogP contribution in [0.15, 0.2) is 28.7 Å². The fourth-order valence-corrected chi connectivity index (χ4v) is 2.44. The zero-order valence-corrected chi connectivity index (χ0v) is 13.6. The van der Waals surface area contributed by atoms with Gasteiger partial charge in [0.2, 0.25) is 0 Å². The van der Waals surface area contributed by atoms with Crippen LogP contribution in [0.3, 0.4) is 0 Å². The lowest BCUT2D eigenvalue weighted by molar-refractivity contribution is -0.147. The lowest BCUT2D eigenvalue weighted by Crippen LogP contribution is -2.34. The van der Waals surface area contributed by atoms with Crippen LogP contribution >= 0.6 is 15.9 Å². The second kappa shape index (κ2) is 7.65. The molecular formula is C15H22BrNO2. The summed E-state index contributed by atoms with van der Waals surface area (Å²) in [6.07, 6.45) is 0. The number of hydrogen-bond acceptors (Lipinski definition) is 3. The van der Waals surface area contributed by atoms with Crippen molar-refractivity contribution < 1.29 is 9.53 Å². The topological polar surface area (TPSA) is 29.5 Å². The average molecular weight is 328 g/mol. The van der Waals surface area contributed by atoms with E-state index in [2.05, 4.69) is 26.9 Å². The first-order valence-corrected chi connectivity index (χ1v) is 7.24. The zero-order chi connectivity index (χ0) is 14.4. The Balaban J connectivity index is 2.65. The van der Waals surface area contributed by atoms with Crippen molar-refractivity contribution in [1.82, 2.24) is 4.90 Å². The molecule has 0 saturated carbocycles. The van der Waals surface area contributed by atoms with Crippen molar-refractivity contribution in [3.63, 3.8) is 0 Å². The van der Waals surface area contributed by atoms with Crippen molar-refractivity contribution in [2.24, 2.45) is 11.8 Å². The molecule has 0 amide bonds. The third-order valence-electron chi connectivity index (χ3n) is 3.22. The molecule has 19 heavy (non-hydrogen) atoms. The number of rotatable bonds is 6. The highest BCUT2D eigenvalue weighted by molar-refractivity contribution is 9.10. The van der Waals surface area contributed by atoms with Crippen LogP contribution < -0.4 is 0 Å². The van der Waals surface area contributed by atoms with Crippen molar-refractivity contribution in [2.45, 2.75) is 20.4 Å². The normalized spacial score (nSPS) is 12.8. The van der Waals surface area contributed by atoms with Crippen molar-refractivity contribution in [3.05, 3.63) is 34.3 Å². The maximum absolute atomic E-state index is 11.8. The molecule has 1 rings (SSSR count). The molecule has 0 N–H and O–H groups in total. The van der Waals surface area contributed by atoms with Crippen LogP contribution in [0.2, 0.25) is 0 Å². The molecule has 1 aromatic carbocycles. The summed E-state index contributed by atoms with van der Waals surface area (Å²) in [5.74, 6) is 0.0561. The minimum Gasteiger partial charge on any atom is -0.469 e. The summed E-state index contributed by atoms with van der Waals surface area (Å²) >= 11 is 3.54. The summed E-state index contributed by atoms with van der Waals surface area (Å²) in [6.45, 7) is 5.61. The van der Waals surface area contributed by atoms with E-state index in [4.69, 9.17) is 4.74 Å². The summed E-state index contributed by atoms with van der Waals surface area (Å²) in [4.78, 5) is 13.9. The third-order valence-corrected chi connectivity index (χ3v) is 3.99. The number of carbonyl (C=O) groups excluding carboxylic acids is 1. The molecule has 0 bridgehead atoms. The summed E-state index contributed by atoms with van der Waals surface area (Å²) in [7, 11) is 3.48. The van der Waals surface area contributed by atoms with E-state index in [1.807, 2.05) is 39.1 Å². The largest absolute Gasteiger partial charge is 0.469 e. The molecule has 0 saturated heterocycles. The van der Waals surface area contributed by atoms with Crippen molar-refractivity contribution in [2.75, 3.05) is 20.7 Å². The number of carbonyl (C=O) groups is 1. The molecular weight excluding hydrogens is 306 g/mol. The molecule has 4 heteroatoms. The van der Waals surface area contributed by atoms with Gasteiger partial charge in [0.1, 0.15) is 0 Å². The van der Waals surface area contributed by atoms with Crippen LogP contribution in [-0.4, -0.2) is 31.6 Å². The van der Waals surface area contributed by atoms with Gasteiger partial charge in [-0.15, -0.1) is 0 Å². The summed E-state index contributed by atoms with van der Waals surface area (Å²) in [5, 5.41) is 0. The lowest BCUT2D eigenvalue weighted by Gasteiger charge is -2.25. The van der Waals surface area contributed by atoms with Gasteiger partial charge in [-0.1, -0.05) is 48.0 Å². The van der Waals surface area contributed by atoms with E-state index >= 15 is 0 Å². The molecule has 0 heterocycles. The van der Waals surface area contributed by atoms with Crippen LogP contribution in [0.1, 0.15) is 19.4 Å². The summed E-state index contributed by atoms with van der Waals surface area (Å²) in [6, 6.07) is 8.14. The van der Waals surface area contributed by atoms with Gasteiger partial charge in [-0.05, 0) is 24.6 Å². The number of methoxy groups -OCH3 is 1. The molecule has 1 atom stereocenters. The lowest BCUT2D eigenvalue weighted by atomic mass is 9.95. The fourth-order valence-electron chi connectivity index (χ4n) is 2.03. The molecule has 0 spiro atoms. The van der Waals surface area contributed by atoms with E-state index in [1.165, 1.54) is 12.7 Å². The average Bonchev–Trinajstić information content (AvgIpc) is 2.37. The first-order valence-electron chi connectivity index (χ1n) is 6.45. The standard InChI is InChI=1S/C15H22BrNO2/c1-11(2)13(15(18)19-4)10-17(3)9-12-7-5-6-8-14(12)16/h5-8,11,13H,9-10H2,1-4H3. The van der Waals surface area contributed by atoms with Gasteiger partial charge in [-0.2, -0.15) is 0 Å². The van der Waals surface area contributed by atoms with E-state index < -0.39 is 0 Å². The molecule has 0 fully saturated rings. The monoisotopic (exact) mass is 327 g/mol. The van der Waals surface area contributed by atoms with Gasteiger partial charge in [-0.3, -0.25) is 4.79 Å². The highest BCUT2D eigenvalue weighted by Crippen LogP contribution is 2.19. The molecule has 106 valence electrons. The SMILES string of the molecule is COC(=O)C(CN(C)Cc1ccccc1Br)C(C)C. The van der Waals surface area contributed by atoms with E-state index in [0.29, 0.717) is 6.54 Å². The van der Waals surface area contributed by atoms with E-state index in [0.717, 1.165) is 11.0 Å². The number of ether oxygens (including phenoxy) is 1. The van der Waals surface area contributed by atoms with Crippen molar-refractivity contribution in [1.29, 1.82) is 0 Å². The Morgan fingerprint density at radius 2 is 2.00 bits per heavy atom. The molecule has 1 unspecified atom stereocenters. The van der Waals surface area contributed by atoms with Gasteiger partial charge < -0.3 is 9.64 Å². The number of hydrogen-bond donors (Lipinski definition) is 0. The first kappa shape index (κ1) is 16.2. The van der Waals surface area contributed by atoms with Crippen molar-refractivity contribution in [3.8, 4) is 0 Å². The van der Waals surface area contributed by atoms with E-state index in [1.54, 1.807) is 0 Å². The van der Waals surface area contributed by atoms with Gasteiger partial charge in [0.25, 0.3) is 0 Å². The van der Waals surface area contributed by atoms with Crippen LogP contribution in [-0.2, 0) is 16.1 Å². The van der Waals surface area contributed by atoms with Crippen LogP contribution in [0.4, 0.5) is 0 Å². The second-order valence-corrected chi connectivity index (χ2v) is 6.02. The predicted octanol–water partition coefficient (Wildman–Crippen LogP) is 3.33. The number of halogens is 1. The summed E-state index contributed by atoms with van der Waals surface area (Å²) in [5.41, 5.74) is 1.22. The minimum absolute atomic E-state index is 0.0857. The van der Waals surface area contributed by atoms with Crippen LogP contribution in [0, 0.1) is 11.8 Å². The molecule has 0 aliphatic heterocycles. The fraction of sp³-hybridized carbons (Fsp3) is 0.533. The van der Waals surface area contributed by atoms with Crippen LogP contribution in [0.5, 0.6) is 0 Å². The zero-order valence-electron chi connectivity index (χ0n) is 12.0. The maximum Gasteiger partial charge on any atom is 0.310 e. The molecule has 0 aliphatic carbocycles. The Kier molecular flexibility index (Phi) is 6.52. The van der Waals surface area contributed by atoms with Gasteiger partial charge >= 0.3 is 5.97 Å². The van der Waals surface area contributed by atoms with Crippen LogP contribution in [0.25, 0.3) is 0 Å². The first-order chi connectivity index (χ1) is 8.95. The smallest absolute Gasteiger partial charge is 0.310 e. The third kappa shape index (κ3) is 4.96. The molecule has 3 nitrogen and oxygen atoms in total. The van der Waals surface area contributed by atoms with Gasteiger partial charge in [0, 0.05) is 17.6 Å². The number of benzene rings is 1. The number of nitrogens with zero attached hydrogens (tertiary/aromatic N) is 1. The number of esters is 1. The summed E-state index contributed by atoms with van der Waals surface area (Å²) < 4.78 is 5.97. The minimum atomic E-state index is -0.131. The predicted molar refractivity (Wildman–Crippen MR) is 80.8 cm³/mol. The Bertz CT molecular complexity index is 420. The Morgan fingerprint density at radius 3 is 2.53 bits per heavy atom. The Morgan fingerprint density at radius 1 is 1.37 bits per heavy atom. The maximum atomic E-state index is 11.8. The highest BCUT2D eigenvalue weighted by Gasteiger charge is 2.24. The van der Waals surface area contributed by atoms with Gasteiger partial charge in [-0.25, -0.2) is 0 Å². The molecule has 1 aromatic rings. The van der Waals surface area contributed by atoms with E-state index in [-0.39, 0.29) is 17.8 Å². The van der Waals surface area contributed by atoms with E-state index in [9.17, 15) is 4.79 Å². The highest BCUT2D eigenvalue weighted by atomic mass is 79.9. The quantitative estimate of drug-likeness (QED) is 0.750. The molecule has 0 aliphatic rings.